The van der Waals surface area contributed by atoms with E-state index in [4.69, 9.17) is 20.9 Å². The summed E-state index contributed by atoms with van der Waals surface area (Å²) in [5.74, 6) is 1.80. The van der Waals surface area contributed by atoms with Crippen molar-refractivity contribution < 1.29 is 23.9 Å². The second-order valence-electron chi connectivity index (χ2n) is 9.56. The second-order valence-corrected chi connectivity index (χ2v) is 9.56. The normalized spacial score (nSPS) is 10.6. The number of nitrogen functional groups attached to an aromatic ring is 1. The van der Waals surface area contributed by atoms with Crippen LogP contribution in [0.5, 0.6) is 0 Å². The summed E-state index contributed by atoms with van der Waals surface area (Å²) >= 11 is 0. The van der Waals surface area contributed by atoms with Gasteiger partial charge in [0.1, 0.15) is 11.2 Å². The number of amides is 1. The average Bonchev–Trinajstić information content (AvgIpc) is 2.73. The van der Waals surface area contributed by atoms with Crippen molar-refractivity contribution in [1.29, 1.82) is 0 Å². The van der Waals surface area contributed by atoms with Gasteiger partial charge in [0.15, 0.2) is 0 Å². The Hall–Kier alpha value is -3.99. The Morgan fingerprint density at radius 1 is 0.829 bits per heavy atom. The highest BCUT2D eigenvalue weighted by Gasteiger charge is 2.18. The predicted molar refractivity (Wildman–Crippen MR) is 136 cm³/mol. The molecule has 5 N–H and O–H groups in total. The molecule has 0 spiro atoms. The summed E-state index contributed by atoms with van der Waals surface area (Å²) in [6, 6.07) is 15.7. The molecule has 0 radical (unpaired) electrons. The van der Waals surface area contributed by atoms with E-state index in [1.54, 1.807) is 69.3 Å². The molecule has 0 heterocycles. The highest BCUT2D eigenvalue weighted by molar-refractivity contribution is 5.94. The van der Waals surface area contributed by atoms with Crippen LogP contribution in [0.2, 0.25) is 0 Å². The summed E-state index contributed by atoms with van der Waals surface area (Å²) < 4.78 is 10.4. The zero-order chi connectivity index (χ0) is 26.6. The Bertz CT molecular complexity index is 1050. The Morgan fingerprint density at radius 2 is 1.34 bits per heavy atom. The molecule has 0 unspecified atom stereocenters. The second kappa shape index (κ2) is 13.0. The third-order valence-electron chi connectivity index (χ3n) is 3.94. The first-order chi connectivity index (χ1) is 16.2. The third-order valence-corrected chi connectivity index (χ3v) is 3.94. The van der Waals surface area contributed by atoms with E-state index in [-0.39, 0.29) is 30.8 Å². The van der Waals surface area contributed by atoms with Gasteiger partial charge in [-0.15, -0.1) is 0 Å². The van der Waals surface area contributed by atoms with Crippen molar-refractivity contribution in [3.05, 3.63) is 65.2 Å². The fraction of sp³-hybridized carbons (Fsp3) is 0.370. The number of anilines is 1. The lowest BCUT2D eigenvalue weighted by molar-refractivity contribution is -0.154. The molecule has 8 nitrogen and oxygen atoms in total. The minimum Gasteiger partial charge on any atom is -0.460 e. The molecule has 2 aromatic rings. The maximum atomic E-state index is 11.7. The molecule has 8 heteroatoms. The first-order valence-corrected chi connectivity index (χ1v) is 11.1. The Labute approximate surface area is 207 Å². The van der Waals surface area contributed by atoms with Gasteiger partial charge >= 0.3 is 11.9 Å². The zero-order valence-electron chi connectivity index (χ0n) is 21.2. The summed E-state index contributed by atoms with van der Waals surface area (Å²) in [5.41, 5.74) is 12.0. The molecular formula is C27H35N3O5. The molecule has 2 aromatic carbocycles. The van der Waals surface area contributed by atoms with E-state index in [1.807, 2.05) is 20.8 Å². The monoisotopic (exact) mass is 481 g/mol. The lowest BCUT2D eigenvalue weighted by Gasteiger charge is -2.19. The number of benzene rings is 2. The van der Waals surface area contributed by atoms with E-state index >= 15 is 0 Å². The minimum atomic E-state index is -0.502. The molecule has 2 rings (SSSR count). The van der Waals surface area contributed by atoms with Crippen LogP contribution >= 0.6 is 0 Å². The predicted octanol–water partition coefficient (Wildman–Crippen LogP) is 3.64. The summed E-state index contributed by atoms with van der Waals surface area (Å²) in [6.45, 7) is 11.2. The van der Waals surface area contributed by atoms with E-state index in [1.165, 1.54) is 0 Å². The first kappa shape index (κ1) is 29.0. The summed E-state index contributed by atoms with van der Waals surface area (Å²) in [5, 5.41) is 2.65. The number of hydrogen-bond donors (Lipinski definition) is 3. The van der Waals surface area contributed by atoms with E-state index < -0.39 is 11.2 Å². The topological polar surface area (TPSA) is 134 Å². The van der Waals surface area contributed by atoms with Gasteiger partial charge in [0.25, 0.3) is 5.91 Å². The van der Waals surface area contributed by atoms with Crippen molar-refractivity contribution in [2.75, 3.05) is 12.3 Å². The largest absolute Gasteiger partial charge is 0.460 e. The smallest absolute Gasteiger partial charge is 0.338 e. The van der Waals surface area contributed by atoms with Crippen LogP contribution in [0.25, 0.3) is 0 Å². The number of carbonyl (C=O) groups is 3. The van der Waals surface area contributed by atoms with Gasteiger partial charge in [0, 0.05) is 29.4 Å². The number of esters is 2. The summed E-state index contributed by atoms with van der Waals surface area (Å²) in [4.78, 5) is 34.8. The molecule has 35 heavy (non-hydrogen) atoms. The van der Waals surface area contributed by atoms with Gasteiger partial charge in [-0.3, -0.25) is 9.59 Å². The molecule has 0 saturated carbocycles. The molecule has 0 fully saturated rings. The first-order valence-electron chi connectivity index (χ1n) is 11.1. The Kier molecular flexibility index (Phi) is 10.8. The fourth-order valence-electron chi connectivity index (χ4n) is 2.52. The van der Waals surface area contributed by atoms with E-state index in [0.29, 0.717) is 16.8 Å². The molecule has 188 valence electrons. The van der Waals surface area contributed by atoms with Gasteiger partial charge in [-0.2, -0.15) is 0 Å². The number of ether oxygens (including phenoxy) is 2. The highest BCUT2D eigenvalue weighted by atomic mass is 16.6. The molecule has 0 bridgehead atoms. The van der Waals surface area contributed by atoms with Crippen molar-refractivity contribution >= 4 is 23.5 Å². The fourth-order valence-corrected chi connectivity index (χ4v) is 2.52. The number of rotatable bonds is 5. The van der Waals surface area contributed by atoms with Crippen LogP contribution in [-0.4, -0.2) is 35.6 Å². The Balaban J connectivity index is 0.000000355. The van der Waals surface area contributed by atoms with Crippen LogP contribution in [0.15, 0.2) is 48.5 Å². The van der Waals surface area contributed by atoms with Crippen molar-refractivity contribution in [1.82, 2.24) is 5.32 Å². The van der Waals surface area contributed by atoms with Crippen LogP contribution < -0.4 is 16.8 Å². The standard InChI is InChI=1S/C14H20N2O3.C13H15NO2/c1-14(2,3)19-12(17)8-9-16-13(18)10-4-6-11(15)7-5-10;1-13(2,3)16-12(15)11-6-4-10(5-7-11)8-9-14/h4-7H,8-9,15H2,1-3H3,(H,16,18);4-7H,14H2,1-3H3. The summed E-state index contributed by atoms with van der Waals surface area (Å²) in [7, 11) is 0. The van der Waals surface area contributed by atoms with Crippen LogP contribution in [0, 0.1) is 12.0 Å². The van der Waals surface area contributed by atoms with Crippen LogP contribution in [-0.2, 0) is 14.3 Å². The molecule has 0 aliphatic rings. The van der Waals surface area contributed by atoms with Gasteiger partial charge in [-0.25, -0.2) is 4.79 Å². The molecule has 0 aliphatic carbocycles. The number of nitrogens with two attached hydrogens (primary N) is 2. The van der Waals surface area contributed by atoms with Crippen molar-refractivity contribution in [2.45, 2.75) is 59.2 Å². The molecule has 1 amide bonds. The molecule has 0 aliphatic heterocycles. The van der Waals surface area contributed by atoms with Gasteiger partial charge in [-0.05, 0) is 96.0 Å². The van der Waals surface area contributed by atoms with Crippen molar-refractivity contribution in [3.63, 3.8) is 0 Å². The van der Waals surface area contributed by atoms with Crippen LogP contribution in [0.1, 0.15) is 74.2 Å². The van der Waals surface area contributed by atoms with E-state index in [9.17, 15) is 14.4 Å². The maximum Gasteiger partial charge on any atom is 0.338 e. The number of hydrogen-bond acceptors (Lipinski definition) is 7. The van der Waals surface area contributed by atoms with E-state index in [2.05, 4.69) is 17.3 Å². The lowest BCUT2D eigenvalue weighted by Crippen LogP contribution is -2.29. The quantitative estimate of drug-likeness (QED) is 0.257. The van der Waals surface area contributed by atoms with Gasteiger partial charge in [0.05, 0.1) is 12.0 Å². The van der Waals surface area contributed by atoms with Crippen LogP contribution in [0.4, 0.5) is 5.69 Å². The molecule has 0 aromatic heterocycles. The SMILES string of the molecule is CC(C)(C)OC(=O)CCNC(=O)c1ccc(N)cc1.CC(C)(C)OC(=O)c1ccc(C#CN)cc1. The third kappa shape index (κ3) is 12.7. The molecular weight excluding hydrogens is 446 g/mol. The zero-order valence-corrected chi connectivity index (χ0v) is 21.2. The number of nitrogens with one attached hydrogen (secondary N) is 1. The number of carbonyl (C=O) groups excluding carboxylic acids is 3. The van der Waals surface area contributed by atoms with Gasteiger partial charge in [0.2, 0.25) is 0 Å². The van der Waals surface area contributed by atoms with Crippen molar-refractivity contribution in [2.24, 2.45) is 5.73 Å². The van der Waals surface area contributed by atoms with E-state index in [0.717, 1.165) is 5.56 Å². The molecule has 0 saturated heterocycles. The highest BCUT2D eigenvalue weighted by Crippen LogP contribution is 2.12. The maximum absolute atomic E-state index is 11.7. The van der Waals surface area contributed by atoms with Crippen molar-refractivity contribution in [3.8, 4) is 12.0 Å². The average molecular weight is 482 g/mol. The van der Waals surface area contributed by atoms with Gasteiger partial charge in [-0.1, -0.05) is 0 Å². The lowest BCUT2D eigenvalue weighted by atomic mass is 10.1. The molecule has 0 atom stereocenters. The van der Waals surface area contributed by atoms with Gasteiger partial charge < -0.3 is 26.3 Å². The summed E-state index contributed by atoms with van der Waals surface area (Å²) in [6.07, 6.45) is 0.151. The Morgan fingerprint density at radius 3 is 1.83 bits per heavy atom. The minimum absolute atomic E-state index is 0.151. The van der Waals surface area contributed by atoms with Crippen LogP contribution in [0.3, 0.4) is 0 Å².